The summed E-state index contributed by atoms with van der Waals surface area (Å²) >= 11 is 0. The predicted octanol–water partition coefficient (Wildman–Crippen LogP) is 3.79. The van der Waals surface area contributed by atoms with E-state index >= 15 is 0 Å². The smallest absolute Gasteiger partial charge is 0.335 e. The first-order valence-corrected chi connectivity index (χ1v) is 8.82. The minimum Gasteiger partial charge on any atom is -0.478 e. The molecule has 3 rings (SSSR count). The molecule has 0 spiro atoms. The Morgan fingerprint density at radius 2 is 1.88 bits per heavy atom. The van der Waals surface area contributed by atoms with Crippen LogP contribution >= 0.6 is 0 Å². The molecule has 0 heterocycles. The van der Waals surface area contributed by atoms with Crippen LogP contribution in [-0.2, 0) is 13.0 Å². The lowest BCUT2D eigenvalue weighted by Gasteiger charge is -2.21. The van der Waals surface area contributed by atoms with Gasteiger partial charge in [0.1, 0.15) is 0 Å². The number of hydrogen-bond donors (Lipinski definition) is 2. The van der Waals surface area contributed by atoms with Crippen LogP contribution in [0.3, 0.4) is 0 Å². The van der Waals surface area contributed by atoms with Crippen molar-refractivity contribution >= 4 is 11.7 Å². The first-order valence-electron chi connectivity index (χ1n) is 8.82. The molecule has 1 fully saturated rings. The number of nitrogens with zero attached hydrogens (tertiary/aromatic N) is 1. The standard InChI is InChI=1S/C20H22N2O4/c23-20(24)15-10-8-14(9-11-15)13-21-18-6-3-5-16(18)12-17-4-1-2-7-19(17)22(25)26/h1-2,4,7-11,16,18,21H,3,5-6,12-13H2,(H,23,24). The Bertz CT molecular complexity index is 789. The van der Waals surface area contributed by atoms with Gasteiger partial charge in [-0.15, -0.1) is 0 Å². The molecule has 2 atom stereocenters. The summed E-state index contributed by atoms with van der Waals surface area (Å²) in [4.78, 5) is 21.8. The molecule has 6 heteroatoms. The molecule has 2 unspecified atom stereocenters. The minimum absolute atomic E-state index is 0.197. The number of nitro benzene ring substituents is 1. The van der Waals surface area contributed by atoms with Crippen molar-refractivity contribution in [2.24, 2.45) is 5.92 Å². The number of nitro groups is 1. The molecular weight excluding hydrogens is 332 g/mol. The zero-order chi connectivity index (χ0) is 18.5. The van der Waals surface area contributed by atoms with Gasteiger partial charge in [0.15, 0.2) is 0 Å². The normalized spacial score (nSPS) is 19.4. The molecule has 2 aromatic carbocycles. The van der Waals surface area contributed by atoms with Crippen LogP contribution in [0.2, 0.25) is 0 Å². The van der Waals surface area contributed by atoms with Crippen molar-refractivity contribution in [2.75, 3.05) is 0 Å². The second-order valence-corrected chi connectivity index (χ2v) is 6.77. The molecule has 0 aromatic heterocycles. The zero-order valence-electron chi connectivity index (χ0n) is 14.4. The first-order chi connectivity index (χ1) is 12.5. The largest absolute Gasteiger partial charge is 0.478 e. The monoisotopic (exact) mass is 354 g/mol. The lowest BCUT2D eigenvalue weighted by Crippen LogP contribution is -2.33. The van der Waals surface area contributed by atoms with E-state index in [9.17, 15) is 14.9 Å². The Balaban J connectivity index is 1.62. The fraction of sp³-hybridized carbons (Fsp3) is 0.350. The summed E-state index contributed by atoms with van der Waals surface area (Å²) in [6, 6.07) is 14.1. The summed E-state index contributed by atoms with van der Waals surface area (Å²) in [5, 5.41) is 23.7. The van der Waals surface area contributed by atoms with E-state index in [-0.39, 0.29) is 16.2 Å². The molecule has 26 heavy (non-hydrogen) atoms. The lowest BCUT2D eigenvalue weighted by atomic mass is 9.93. The minimum atomic E-state index is -0.926. The van der Waals surface area contributed by atoms with Gasteiger partial charge in [-0.1, -0.05) is 36.8 Å². The highest BCUT2D eigenvalue weighted by molar-refractivity contribution is 5.87. The average Bonchev–Trinajstić information content (AvgIpc) is 3.07. The number of rotatable bonds is 7. The average molecular weight is 354 g/mol. The summed E-state index contributed by atoms with van der Waals surface area (Å²) in [5.41, 5.74) is 2.31. The van der Waals surface area contributed by atoms with E-state index in [0.717, 1.165) is 30.4 Å². The van der Waals surface area contributed by atoms with Crippen LogP contribution in [0.1, 0.15) is 40.7 Å². The number of carboxylic acid groups (broad SMARTS) is 1. The van der Waals surface area contributed by atoms with Gasteiger partial charge >= 0.3 is 5.97 Å². The van der Waals surface area contributed by atoms with Crippen LogP contribution in [0.25, 0.3) is 0 Å². The van der Waals surface area contributed by atoms with E-state index in [2.05, 4.69) is 5.32 Å². The van der Waals surface area contributed by atoms with Gasteiger partial charge in [-0.05, 0) is 42.9 Å². The van der Waals surface area contributed by atoms with Gasteiger partial charge in [0.2, 0.25) is 0 Å². The Morgan fingerprint density at radius 3 is 2.58 bits per heavy atom. The van der Waals surface area contributed by atoms with Gasteiger partial charge in [-0.25, -0.2) is 4.79 Å². The number of para-hydroxylation sites is 1. The van der Waals surface area contributed by atoms with Crippen LogP contribution in [0.5, 0.6) is 0 Å². The van der Waals surface area contributed by atoms with E-state index < -0.39 is 5.97 Å². The number of aromatic carboxylic acids is 1. The SMILES string of the molecule is O=C(O)c1ccc(CNC2CCCC2Cc2ccccc2[N+](=O)[O-])cc1. The fourth-order valence-electron chi connectivity index (χ4n) is 3.71. The molecule has 2 N–H and O–H groups in total. The molecule has 136 valence electrons. The van der Waals surface area contributed by atoms with E-state index in [0.29, 0.717) is 24.9 Å². The summed E-state index contributed by atoms with van der Waals surface area (Å²) in [6.07, 6.45) is 3.92. The maximum atomic E-state index is 11.2. The topological polar surface area (TPSA) is 92.5 Å². The number of nitrogens with one attached hydrogen (secondary N) is 1. The van der Waals surface area contributed by atoms with Gasteiger partial charge in [-0.2, -0.15) is 0 Å². The van der Waals surface area contributed by atoms with E-state index in [1.54, 1.807) is 24.3 Å². The summed E-state index contributed by atoms with van der Waals surface area (Å²) in [5.74, 6) is -0.556. The molecule has 0 amide bonds. The van der Waals surface area contributed by atoms with Crippen LogP contribution in [0, 0.1) is 16.0 Å². The predicted molar refractivity (Wildman–Crippen MR) is 98.2 cm³/mol. The summed E-state index contributed by atoms with van der Waals surface area (Å²) in [7, 11) is 0. The zero-order valence-corrected chi connectivity index (χ0v) is 14.4. The number of carbonyl (C=O) groups is 1. The van der Waals surface area contributed by atoms with Crippen LogP contribution in [0.15, 0.2) is 48.5 Å². The van der Waals surface area contributed by atoms with Crippen molar-refractivity contribution in [3.63, 3.8) is 0 Å². The molecule has 0 bridgehead atoms. The van der Waals surface area contributed by atoms with Crippen molar-refractivity contribution in [2.45, 2.75) is 38.3 Å². The van der Waals surface area contributed by atoms with Gasteiger partial charge < -0.3 is 10.4 Å². The number of benzene rings is 2. The third-order valence-electron chi connectivity index (χ3n) is 5.10. The van der Waals surface area contributed by atoms with Gasteiger partial charge in [0.25, 0.3) is 5.69 Å². The van der Waals surface area contributed by atoms with Gasteiger partial charge in [0, 0.05) is 24.2 Å². The first kappa shape index (κ1) is 18.1. The Hall–Kier alpha value is -2.73. The Morgan fingerprint density at radius 1 is 1.15 bits per heavy atom. The number of hydrogen-bond acceptors (Lipinski definition) is 4. The molecule has 2 aromatic rings. The fourth-order valence-corrected chi connectivity index (χ4v) is 3.71. The Labute approximate surface area is 152 Å². The second kappa shape index (κ2) is 8.10. The van der Waals surface area contributed by atoms with Crippen molar-refractivity contribution in [1.29, 1.82) is 0 Å². The van der Waals surface area contributed by atoms with Crippen molar-refractivity contribution in [3.05, 3.63) is 75.3 Å². The highest BCUT2D eigenvalue weighted by atomic mass is 16.6. The van der Waals surface area contributed by atoms with E-state index in [1.807, 2.05) is 24.3 Å². The highest BCUT2D eigenvalue weighted by Gasteiger charge is 2.28. The van der Waals surface area contributed by atoms with Crippen molar-refractivity contribution < 1.29 is 14.8 Å². The van der Waals surface area contributed by atoms with Crippen LogP contribution < -0.4 is 5.32 Å². The highest BCUT2D eigenvalue weighted by Crippen LogP contribution is 2.31. The third kappa shape index (κ3) is 4.26. The molecule has 0 saturated heterocycles. The maximum Gasteiger partial charge on any atom is 0.335 e. The molecule has 0 radical (unpaired) electrons. The van der Waals surface area contributed by atoms with Gasteiger partial charge in [-0.3, -0.25) is 10.1 Å². The van der Waals surface area contributed by atoms with Gasteiger partial charge in [0.05, 0.1) is 10.5 Å². The molecule has 6 nitrogen and oxygen atoms in total. The second-order valence-electron chi connectivity index (χ2n) is 6.77. The number of carboxylic acids is 1. The third-order valence-corrected chi connectivity index (χ3v) is 5.10. The summed E-state index contributed by atoms with van der Waals surface area (Å²) < 4.78 is 0. The molecule has 1 aliphatic rings. The Kier molecular flexibility index (Phi) is 5.63. The lowest BCUT2D eigenvalue weighted by molar-refractivity contribution is -0.385. The van der Waals surface area contributed by atoms with E-state index in [4.69, 9.17) is 5.11 Å². The van der Waals surface area contributed by atoms with Crippen molar-refractivity contribution in [1.82, 2.24) is 5.32 Å². The van der Waals surface area contributed by atoms with E-state index in [1.165, 1.54) is 0 Å². The molecule has 1 aliphatic carbocycles. The maximum absolute atomic E-state index is 11.2. The quantitative estimate of drug-likeness (QED) is 0.583. The molecule has 1 saturated carbocycles. The van der Waals surface area contributed by atoms with Crippen LogP contribution in [-0.4, -0.2) is 22.0 Å². The molecular formula is C20H22N2O4. The summed E-state index contributed by atoms with van der Waals surface area (Å²) in [6.45, 7) is 0.665. The molecule has 0 aliphatic heterocycles. The van der Waals surface area contributed by atoms with Crippen LogP contribution in [0.4, 0.5) is 5.69 Å². The van der Waals surface area contributed by atoms with Crippen molar-refractivity contribution in [3.8, 4) is 0 Å².